The lowest BCUT2D eigenvalue weighted by Crippen LogP contribution is -2.50. The molecule has 0 unspecified atom stereocenters. The Labute approximate surface area is 99.6 Å². The van der Waals surface area contributed by atoms with Crippen molar-refractivity contribution < 1.29 is 9.59 Å². The first-order valence-corrected chi connectivity index (χ1v) is 5.54. The second kappa shape index (κ2) is 4.86. The van der Waals surface area contributed by atoms with Gasteiger partial charge < -0.3 is 16.0 Å². The summed E-state index contributed by atoms with van der Waals surface area (Å²) in [6.07, 6.45) is 0.313. The number of hydrogen-bond acceptors (Lipinski definition) is 3. The van der Waals surface area contributed by atoms with Crippen molar-refractivity contribution in [2.75, 3.05) is 25.4 Å². The molecule has 0 radical (unpaired) electrons. The van der Waals surface area contributed by atoms with Gasteiger partial charge >= 0.3 is 0 Å². The summed E-state index contributed by atoms with van der Waals surface area (Å²) in [6.45, 7) is 1.28. The van der Waals surface area contributed by atoms with Crippen LogP contribution in [0.1, 0.15) is 5.56 Å². The number of carbonyl (C=O) groups is 2. The van der Waals surface area contributed by atoms with Gasteiger partial charge in [-0.15, -0.1) is 0 Å². The molecule has 1 saturated heterocycles. The topological polar surface area (TPSA) is 75.4 Å². The zero-order valence-electron chi connectivity index (χ0n) is 9.48. The average Bonchev–Trinajstić information content (AvgIpc) is 2.32. The number of carbonyl (C=O) groups excluding carboxylic acids is 2. The van der Waals surface area contributed by atoms with Gasteiger partial charge in [0.15, 0.2) is 0 Å². The molecule has 1 aromatic carbocycles. The molecule has 0 spiro atoms. The van der Waals surface area contributed by atoms with Crippen LogP contribution in [0.4, 0.5) is 5.69 Å². The van der Waals surface area contributed by atoms with Crippen LogP contribution in [0.3, 0.4) is 0 Å². The number of amides is 2. The highest BCUT2D eigenvalue weighted by Gasteiger charge is 2.20. The molecule has 0 aliphatic carbocycles. The number of anilines is 1. The van der Waals surface area contributed by atoms with Crippen LogP contribution in [0.5, 0.6) is 0 Å². The summed E-state index contributed by atoms with van der Waals surface area (Å²) in [7, 11) is 0. The number of rotatable bonds is 2. The van der Waals surface area contributed by atoms with Crippen molar-refractivity contribution >= 4 is 17.5 Å². The van der Waals surface area contributed by atoms with Crippen LogP contribution in [0.2, 0.25) is 0 Å². The van der Waals surface area contributed by atoms with Crippen LogP contribution in [-0.4, -0.2) is 36.3 Å². The van der Waals surface area contributed by atoms with E-state index < -0.39 is 0 Å². The zero-order valence-corrected chi connectivity index (χ0v) is 9.48. The zero-order chi connectivity index (χ0) is 12.3. The second-order valence-electron chi connectivity index (χ2n) is 4.08. The third kappa shape index (κ3) is 2.96. The largest absolute Gasteiger partial charge is 0.399 e. The maximum atomic E-state index is 11.9. The van der Waals surface area contributed by atoms with Crippen molar-refractivity contribution in [1.29, 1.82) is 0 Å². The first kappa shape index (κ1) is 11.4. The summed E-state index contributed by atoms with van der Waals surface area (Å²) in [5, 5.41) is 2.69. The molecule has 1 aliphatic rings. The van der Waals surface area contributed by atoms with Gasteiger partial charge in [-0.2, -0.15) is 0 Å². The monoisotopic (exact) mass is 233 g/mol. The highest BCUT2D eigenvalue weighted by atomic mass is 16.2. The van der Waals surface area contributed by atoms with Gasteiger partial charge in [0.2, 0.25) is 11.8 Å². The summed E-state index contributed by atoms with van der Waals surface area (Å²) >= 11 is 0. The second-order valence-corrected chi connectivity index (χ2v) is 4.08. The molecule has 1 aromatic rings. The van der Waals surface area contributed by atoms with Gasteiger partial charge in [-0.3, -0.25) is 9.59 Å². The Bertz CT molecular complexity index is 428. The smallest absolute Gasteiger partial charge is 0.239 e. The van der Waals surface area contributed by atoms with Crippen molar-refractivity contribution in [3.63, 3.8) is 0 Å². The third-order valence-corrected chi connectivity index (χ3v) is 2.73. The van der Waals surface area contributed by atoms with E-state index >= 15 is 0 Å². The van der Waals surface area contributed by atoms with Crippen molar-refractivity contribution in [3.8, 4) is 0 Å². The van der Waals surface area contributed by atoms with Crippen LogP contribution < -0.4 is 11.1 Å². The van der Waals surface area contributed by atoms with Gasteiger partial charge in [-0.05, 0) is 17.7 Å². The number of nitrogen functional groups attached to an aromatic ring is 1. The van der Waals surface area contributed by atoms with E-state index in [2.05, 4.69) is 5.32 Å². The summed E-state index contributed by atoms with van der Waals surface area (Å²) in [5.74, 6) is -0.119. The molecule has 3 N–H and O–H groups in total. The third-order valence-electron chi connectivity index (χ3n) is 2.73. The minimum atomic E-state index is -0.0955. The summed E-state index contributed by atoms with van der Waals surface area (Å²) in [5.41, 5.74) is 7.16. The molecule has 2 rings (SSSR count). The van der Waals surface area contributed by atoms with Crippen molar-refractivity contribution in [2.45, 2.75) is 6.42 Å². The van der Waals surface area contributed by atoms with Crippen molar-refractivity contribution in [2.24, 2.45) is 0 Å². The molecule has 0 atom stereocenters. The molecular weight excluding hydrogens is 218 g/mol. The average molecular weight is 233 g/mol. The van der Waals surface area contributed by atoms with Gasteiger partial charge in [-0.25, -0.2) is 0 Å². The van der Waals surface area contributed by atoms with Crippen LogP contribution in [-0.2, 0) is 16.0 Å². The lowest BCUT2D eigenvalue weighted by Gasteiger charge is -2.26. The quantitative estimate of drug-likeness (QED) is 0.693. The molecular formula is C12H15N3O2. The van der Waals surface area contributed by atoms with E-state index in [4.69, 9.17) is 5.73 Å². The molecule has 90 valence electrons. The number of nitrogens with two attached hydrogens (primary N) is 1. The van der Waals surface area contributed by atoms with Crippen LogP contribution in [0.15, 0.2) is 24.3 Å². The summed E-state index contributed by atoms with van der Waals surface area (Å²) in [4.78, 5) is 24.6. The van der Waals surface area contributed by atoms with E-state index in [1.165, 1.54) is 0 Å². The van der Waals surface area contributed by atoms with Gasteiger partial charge in [0, 0.05) is 18.8 Å². The van der Waals surface area contributed by atoms with E-state index in [1.54, 1.807) is 17.0 Å². The maximum absolute atomic E-state index is 11.9. The van der Waals surface area contributed by atoms with Gasteiger partial charge in [-0.1, -0.05) is 12.1 Å². The molecule has 1 fully saturated rings. The van der Waals surface area contributed by atoms with Gasteiger partial charge in [0.25, 0.3) is 0 Å². The molecule has 1 heterocycles. The minimum absolute atomic E-state index is 0.0235. The molecule has 5 nitrogen and oxygen atoms in total. The first-order chi connectivity index (χ1) is 8.15. The molecule has 5 heteroatoms. The molecule has 0 aromatic heterocycles. The van der Waals surface area contributed by atoms with E-state index in [1.807, 2.05) is 12.1 Å². The fourth-order valence-corrected chi connectivity index (χ4v) is 1.77. The number of benzene rings is 1. The molecule has 0 bridgehead atoms. The van der Waals surface area contributed by atoms with Crippen molar-refractivity contribution in [1.82, 2.24) is 10.2 Å². The number of nitrogens with one attached hydrogen (secondary N) is 1. The lowest BCUT2D eigenvalue weighted by molar-refractivity contribution is -0.137. The van der Waals surface area contributed by atoms with Crippen LogP contribution in [0, 0.1) is 0 Å². The predicted octanol–water partition coefficient (Wildman–Crippen LogP) is -0.230. The Morgan fingerprint density at radius 3 is 2.71 bits per heavy atom. The van der Waals surface area contributed by atoms with Crippen molar-refractivity contribution in [3.05, 3.63) is 29.8 Å². The summed E-state index contributed by atoms with van der Waals surface area (Å²) in [6, 6.07) is 7.20. The molecule has 1 aliphatic heterocycles. The Balaban J connectivity index is 1.96. The molecule has 2 amide bonds. The van der Waals surface area contributed by atoms with Gasteiger partial charge in [0.1, 0.15) is 0 Å². The van der Waals surface area contributed by atoms with E-state index in [0.717, 1.165) is 5.56 Å². The Hall–Kier alpha value is -2.04. The normalized spacial score (nSPS) is 15.5. The minimum Gasteiger partial charge on any atom is -0.399 e. The maximum Gasteiger partial charge on any atom is 0.239 e. The Morgan fingerprint density at radius 2 is 2.06 bits per heavy atom. The highest BCUT2D eigenvalue weighted by Crippen LogP contribution is 2.08. The standard InChI is InChI=1S/C12H15N3O2/c13-10-3-1-9(2-4-10)7-12(17)15-6-5-14-11(16)8-15/h1-4H,5-8,13H2,(H,14,16). The Kier molecular flexibility index (Phi) is 3.27. The Morgan fingerprint density at radius 1 is 1.35 bits per heavy atom. The van der Waals surface area contributed by atoms with Crippen LogP contribution in [0.25, 0.3) is 0 Å². The fourth-order valence-electron chi connectivity index (χ4n) is 1.77. The van der Waals surface area contributed by atoms with E-state index in [-0.39, 0.29) is 18.4 Å². The summed E-state index contributed by atoms with van der Waals surface area (Å²) < 4.78 is 0. The fraction of sp³-hybridized carbons (Fsp3) is 0.333. The van der Waals surface area contributed by atoms with E-state index in [0.29, 0.717) is 25.2 Å². The van der Waals surface area contributed by atoms with E-state index in [9.17, 15) is 9.59 Å². The molecule has 17 heavy (non-hydrogen) atoms. The van der Waals surface area contributed by atoms with Crippen LogP contribution >= 0.6 is 0 Å². The highest BCUT2D eigenvalue weighted by molar-refractivity contribution is 5.86. The number of hydrogen-bond donors (Lipinski definition) is 2. The predicted molar refractivity (Wildman–Crippen MR) is 64.1 cm³/mol. The lowest BCUT2D eigenvalue weighted by atomic mass is 10.1. The number of piperazine rings is 1. The van der Waals surface area contributed by atoms with Gasteiger partial charge in [0.05, 0.1) is 13.0 Å². The SMILES string of the molecule is Nc1ccc(CC(=O)N2CCNC(=O)C2)cc1. The molecule has 0 saturated carbocycles. The first-order valence-electron chi connectivity index (χ1n) is 5.54. The number of nitrogens with zero attached hydrogens (tertiary/aromatic N) is 1.